The van der Waals surface area contributed by atoms with E-state index < -0.39 is 5.54 Å². The van der Waals surface area contributed by atoms with Crippen LogP contribution in [-0.2, 0) is 12.8 Å². The summed E-state index contributed by atoms with van der Waals surface area (Å²) < 4.78 is 0. The molecule has 104 valence electrons. The first kappa shape index (κ1) is 13.8. The molecule has 5 heteroatoms. The van der Waals surface area contributed by atoms with Gasteiger partial charge in [-0.2, -0.15) is 0 Å². The molecule has 1 aliphatic rings. The maximum atomic E-state index is 12.1. The highest BCUT2D eigenvalue weighted by Crippen LogP contribution is 2.18. The summed E-state index contributed by atoms with van der Waals surface area (Å²) in [5, 5.41) is 2.79. The van der Waals surface area contributed by atoms with Crippen molar-refractivity contribution in [1.29, 1.82) is 0 Å². The van der Waals surface area contributed by atoms with Crippen LogP contribution in [0.25, 0.3) is 0 Å². The van der Waals surface area contributed by atoms with Crippen LogP contribution in [0.1, 0.15) is 48.3 Å². The van der Waals surface area contributed by atoms with Gasteiger partial charge in [0.25, 0.3) is 11.5 Å². The van der Waals surface area contributed by atoms with Crippen molar-refractivity contribution in [1.82, 2.24) is 10.3 Å². The van der Waals surface area contributed by atoms with Crippen LogP contribution in [0.3, 0.4) is 0 Å². The number of carbonyl (C=O) groups excluding carboxylic acids is 1. The number of aromatic amines is 1. The highest BCUT2D eigenvalue weighted by Gasteiger charge is 2.22. The molecule has 1 heterocycles. The van der Waals surface area contributed by atoms with Gasteiger partial charge >= 0.3 is 0 Å². The highest BCUT2D eigenvalue weighted by molar-refractivity contribution is 5.94. The van der Waals surface area contributed by atoms with Gasteiger partial charge in [-0.1, -0.05) is 0 Å². The quantitative estimate of drug-likeness (QED) is 0.751. The van der Waals surface area contributed by atoms with E-state index in [2.05, 4.69) is 10.3 Å². The van der Waals surface area contributed by atoms with Gasteiger partial charge in [0.15, 0.2) is 0 Å². The Labute approximate surface area is 112 Å². The molecule has 0 bridgehead atoms. The zero-order chi connectivity index (χ0) is 14.0. The molecule has 0 spiro atoms. The van der Waals surface area contributed by atoms with Crippen LogP contribution in [0.2, 0.25) is 0 Å². The number of amides is 1. The van der Waals surface area contributed by atoms with Crippen molar-refractivity contribution in [2.24, 2.45) is 5.73 Å². The van der Waals surface area contributed by atoms with E-state index in [0.717, 1.165) is 36.9 Å². The van der Waals surface area contributed by atoms with Crippen molar-refractivity contribution in [3.63, 3.8) is 0 Å². The second kappa shape index (κ2) is 5.17. The Bertz CT molecular complexity index is 546. The molecular formula is C14H21N3O2. The molecule has 1 aliphatic carbocycles. The van der Waals surface area contributed by atoms with Crippen LogP contribution >= 0.6 is 0 Å². The van der Waals surface area contributed by atoms with Crippen LogP contribution in [0, 0.1) is 0 Å². The van der Waals surface area contributed by atoms with Gasteiger partial charge < -0.3 is 16.0 Å². The highest BCUT2D eigenvalue weighted by atomic mass is 16.2. The third-order valence-corrected chi connectivity index (χ3v) is 3.54. The van der Waals surface area contributed by atoms with E-state index in [1.807, 2.05) is 13.8 Å². The normalized spacial score (nSPS) is 14.9. The minimum Gasteiger partial charge on any atom is -0.346 e. The summed E-state index contributed by atoms with van der Waals surface area (Å²) >= 11 is 0. The first-order valence-electron chi connectivity index (χ1n) is 6.70. The minimum atomic E-state index is -0.514. The standard InChI is InChI=1S/C14H21N3O2/c1-14(2,8-15)17-13(19)10-7-9-5-3-4-6-11(9)16-12(10)18/h7H,3-6,8,15H2,1-2H3,(H,16,18)(H,17,19). The van der Waals surface area contributed by atoms with Gasteiger partial charge in [0, 0.05) is 17.8 Å². The van der Waals surface area contributed by atoms with Crippen LogP contribution in [0.5, 0.6) is 0 Å². The molecule has 4 N–H and O–H groups in total. The number of aromatic nitrogens is 1. The van der Waals surface area contributed by atoms with Crippen molar-refractivity contribution in [3.8, 4) is 0 Å². The molecule has 0 saturated carbocycles. The predicted molar refractivity (Wildman–Crippen MR) is 74.3 cm³/mol. The third-order valence-electron chi connectivity index (χ3n) is 3.54. The molecule has 0 atom stereocenters. The molecule has 0 aliphatic heterocycles. The number of nitrogens with one attached hydrogen (secondary N) is 2. The van der Waals surface area contributed by atoms with Crippen molar-refractivity contribution in [2.45, 2.75) is 45.1 Å². The van der Waals surface area contributed by atoms with Crippen molar-refractivity contribution in [2.75, 3.05) is 6.54 Å². The Morgan fingerprint density at radius 3 is 2.79 bits per heavy atom. The maximum absolute atomic E-state index is 12.1. The topological polar surface area (TPSA) is 88.0 Å². The molecule has 0 aromatic carbocycles. The van der Waals surface area contributed by atoms with Gasteiger partial charge in [0.05, 0.1) is 0 Å². The summed E-state index contributed by atoms with van der Waals surface area (Å²) in [6, 6.07) is 1.73. The number of nitrogens with two attached hydrogens (primary N) is 1. The molecule has 19 heavy (non-hydrogen) atoms. The molecule has 0 saturated heterocycles. The van der Waals surface area contributed by atoms with E-state index in [4.69, 9.17) is 5.73 Å². The van der Waals surface area contributed by atoms with Crippen LogP contribution in [0.4, 0.5) is 0 Å². The second-order valence-electron chi connectivity index (χ2n) is 5.77. The Hall–Kier alpha value is -1.62. The molecule has 1 aromatic rings. The Kier molecular flexibility index (Phi) is 3.75. The molecule has 0 fully saturated rings. The summed E-state index contributed by atoms with van der Waals surface area (Å²) in [7, 11) is 0. The summed E-state index contributed by atoms with van der Waals surface area (Å²) in [6.07, 6.45) is 4.01. The average molecular weight is 263 g/mol. The fraction of sp³-hybridized carbons (Fsp3) is 0.571. The lowest BCUT2D eigenvalue weighted by Gasteiger charge is -2.24. The smallest absolute Gasteiger partial charge is 0.261 e. The summed E-state index contributed by atoms with van der Waals surface area (Å²) in [6.45, 7) is 3.98. The number of pyridine rings is 1. The number of rotatable bonds is 3. The largest absolute Gasteiger partial charge is 0.346 e. The molecule has 1 aromatic heterocycles. The number of hydrogen-bond donors (Lipinski definition) is 3. The lowest BCUT2D eigenvalue weighted by molar-refractivity contribution is 0.0914. The second-order valence-corrected chi connectivity index (χ2v) is 5.77. The average Bonchev–Trinajstić information content (AvgIpc) is 2.37. The number of aryl methyl sites for hydroxylation is 2. The van der Waals surface area contributed by atoms with Crippen LogP contribution < -0.4 is 16.6 Å². The van der Waals surface area contributed by atoms with Crippen molar-refractivity contribution < 1.29 is 4.79 Å². The van der Waals surface area contributed by atoms with Gasteiger partial charge in [-0.3, -0.25) is 9.59 Å². The fourth-order valence-corrected chi connectivity index (χ4v) is 2.27. The third kappa shape index (κ3) is 3.04. The molecule has 1 amide bonds. The van der Waals surface area contributed by atoms with Gasteiger partial charge in [-0.05, 0) is 51.2 Å². The molecule has 2 rings (SSSR count). The molecule has 5 nitrogen and oxygen atoms in total. The maximum Gasteiger partial charge on any atom is 0.261 e. The molecule has 0 radical (unpaired) electrons. The number of carbonyl (C=O) groups is 1. The number of hydrogen-bond acceptors (Lipinski definition) is 3. The van der Waals surface area contributed by atoms with E-state index in [-0.39, 0.29) is 17.0 Å². The first-order chi connectivity index (χ1) is 8.93. The van der Waals surface area contributed by atoms with Gasteiger partial charge in [-0.25, -0.2) is 0 Å². The van der Waals surface area contributed by atoms with Crippen molar-refractivity contribution in [3.05, 3.63) is 33.2 Å². The van der Waals surface area contributed by atoms with E-state index >= 15 is 0 Å². The monoisotopic (exact) mass is 263 g/mol. The van der Waals surface area contributed by atoms with E-state index in [1.165, 1.54) is 0 Å². The van der Waals surface area contributed by atoms with Gasteiger partial charge in [0.2, 0.25) is 0 Å². The van der Waals surface area contributed by atoms with Gasteiger partial charge in [0.1, 0.15) is 5.56 Å². The first-order valence-corrected chi connectivity index (χ1v) is 6.70. The van der Waals surface area contributed by atoms with E-state index in [1.54, 1.807) is 6.07 Å². The van der Waals surface area contributed by atoms with Crippen LogP contribution in [-0.4, -0.2) is 23.0 Å². The lowest BCUT2D eigenvalue weighted by Crippen LogP contribution is -2.50. The SMILES string of the molecule is CC(C)(CN)NC(=O)c1cc2c([nH]c1=O)CCCC2. The summed E-state index contributed by atoms with van der Waals surface area (Å²) in [4.78, 5) is 26.9. The zero-order valence-electron chi connectivity index (χ0n) is 11.5. The molecule has 0 unspecified atom stereocenters. The zero-order valence-corrected chi connectivity index (χ0v) is 11.5. The lowest BCUT2D eigenvalue weighted by atomic mass is 9.94. The summed E-state index contributed by atoms with van der Waals surface area (Å²) in [5.41, 5.74) is 7.00. The fourth-order valence-electron chi connectivity index (χ4n) is 2.27. The number of fused-ring (bicyclic) bond motifs is 1. The van der Waals surface area contributed by atoms with Crippen molar-refractivity contribution >= 4 is 5.91 Å². The summed E-state index contributed by atoms with van der Waals surface area (Å²) in [5.74, 6) is -0.356. The van der Waals surface area contributed by atoms with E-state index in [9.17, 15) is 9.59 Å². The van der Waals surface area contributed by atoms with E-state index in [0.29, 0.717) is 6.54 Å². The number of H-pyrrole nitrogens is 1. The Morgan fingerprint density at radius 1 is 1.42 bits per heavy atom. The minimum absolute atomic E-state index is 0.183. The Morgan fingerprint density at radius 2 is 2.11 bits per heavy atom. The van der Waals surface area contributed by atoms with Crippen LogP contribution in [0.15, 0.2) is 10.9 Å². The Balaban J connectivity index is 2.30. The van der Waals surface area contributed by atoms with Gasteiger partial charge in [-0.15, -0.1) is 0 Å². The molecular weight excluding hydrogens is 242 g/mol. The predicted octanol–water partition coefficient (Wildman–Crippen LogP) is 0.721.